The fourth-order valence-electron chi connectivity index (χ4n) is 1.95. The van der Waals surface area contributed by atoms with E-state index in [1.807, 2.05) is 0 Å². The van der Waals surface area contributed by atoms with Crippen molar-refractivity contribution in [1.82, 2.24) is 0 Å². The topological polar surface area (TPSA) is 66.4 Å². The van der Waals surface area contributed by atoms with Gasteiger partial charge in [0, 0.05) is 0 Å². The number of hydrogen-bond acceptors (Lipinski definition) is 2. The molecular weight excluding hydrogens is 273 g/mol. The number of carbonyl (C=O) groups is 2. The van der Waals surface area contributed by atoms with E-state index < -0.39 is 17.7 Å². The summed E-state index contributed by atoms with van der Waals surface area (Å²) in [5, 5.41) is 11.6. The Morgan fingerprint density at radius 1 is 1.00 bits per heavy atom. The second-order valence-corrected chi connectivity index (χ2v) is 4.79. The summed E-state index contributed by atoms with van der Waals surface area (Å²) in [6.07, 6.45) is 0. The molecule has 0 bridgehead atoms. The van der Waals surface area contributed by atoms with E-state index in [0.717, 1.165) is 11.1 Å². The van der Waals surface area contributed by atoms with Crippen LogP contribution in [0.1, 0.15) is 31.8 Å². The molecule has 0 unspecified atom stereocenters. The van der Waals surface area contributed by atoms with Gasteiger partial charge in [0.05, 0.1) is 16.8 Å². The number of aromatic carboxylic acids is 1. The van der Waals surface area contributed by atoms with Crippen LogP contribution < -0.4 is 5.32 Å². The van der Waals surface area contributed by atoms with Crippen LogP contribution in [0.2, 0.25) is 0 Å². The molecule has 2 N–H and O–H groups in total. The van der Waals surface area contributed by atoms with Crippen molar-refractivity contribution < 1.29 is 19.1 Å². The lowest BCUT2D eigenvalue weighted by atomic mass is 10.1. The Hall–Kier alpha value is -2.69. The van der Waals surface area contributed by atoms with E-state index in [4.69, 9.17) is 5.11 Å². The summed E-state index contributed by atoms with van der Waals surface area (Å²) in [6.45, 7) is 3.49. The summed E-state index contributed by atoms with van der Waals surface area (Å²) in [4.78, 5) is 23.3. The van der Waals surface area contributed by atoms with E-state index in [9.17, 15) is 14.0 Å². The van der Waals surface area contributed by atoms with Crippen molar-refractivity contribution >= 4 is 17.6 Å². The Balaban J connectivity index is 2.36. The molecule has 0 heterocycles. The maximum absolute atomic E-state index is 13.7. The Bertz CT molecular complexity index is 725. The van der Waals surface area contributed by atoms with Gasteiger partial charge in [-0.15, -0.1) is 0 Å². The lowest BCUT2D eigenvalue weighted by Crippen LogP contribution is -2.16. The zero-order chi connectivity index (χ0) is 15.6. The molecular formula is C16H14FNO3. The maximum atomic E-state index is 13.7. The molecule has 0 atom stereocenters. The van der Waals surface area contributed by atoms with Crippen molar-refractivity contribution in [2.45, 2.75) is 13.8 Å². The van der Waals surface area contributed by atoms with Gasteiger partial charge in [-0.2, -0.15) is 0 Å². The predicted molar refractivity (Wildman–Crippen MR) is 77.2 cm³/mol. The molecule has 21 heavy (non-hydrogen) atoms. The fourth-order valence-corrected chi connectivity index (χ4v) is 1.95. The number of benzene rings is 2. The van der Waals surface area contributed by atoms with Gasteiger partial charge in [-0.25, -0.2) is 9.18 Å². The van der Waals surface area contributed by atoms with E-state index >= 15 is 0 Å². The van der Waals surface area contributed by atoms with Crippen LogP contribution >= 0.6 is 0 Å². The van der Waals surface area contributed by atoms with Gasteiger partial charge in [-0.05, 0) is 38.1 Å². The fraction of sp³-hybridized carbons (Fsp3) is 0.125. The third kappa shape index (κ3) is 3.25. The Kier molecular flexibility index (Phi) is 4.03. The monoisotopic (exact) mass is 287 g/mol. The third-order valence-corrected chi connectivity index (χ3v) is 3.02. The van der Waals surface area contributed by atoms with Gasteiger partial charge in [0.2, 0.25) is 0 Å². The minimum atomic E-state index is -1.15. The quantitative estimate of drug-likeness (QED) is 0.909. The molecule has 0 saturated heterocycles. The zero-order valence-electron chi connectivity index (χ0n) is 11.6. The van der Waals surface area contributed by atoms with Crippen LogP contribution in [0.5, 0.6) is 0 Å². The van der Waals surface area contributed by atoms with E-state index in [1.54, 1.807) is 26.0 Å². The molecule has 0 saturated carbocycles. The molecule has 0 aliphatic heterocycles. The highest BCUT2D eigenvalue weighted by atomic mass is 19.1. The normalized spacial score (nSPS) is 10.2. The van der Waals surface area contributed by atoms with Crippen molar-refractivity contribution in [3.63, 3.8) is 0 Å². The number of amides is 1. The van der Waals surface area contributed by atoms with Crippen LogP contribution in [0.25, 0.3) is 0 Å². The highest BCUT2D eigenvalue weighted by Crippen LogP contribution is 2.19. The molecule has 2 aromatic rings. The SMILES string of the molecule is Cc1ccc(F)c(C(=O)Nc2ccc(C)cc2C(=O)O)c1. The smallest absolute Gasteiger partial charge is 0.337 e. The lowest BCUT2D eigenvalue weighted by molar-refractivity contribution is 0.0698. The van der Waals surface area contributed by atoms with E-state index in [-0.39, 0.29) is 16.8 Å². The summed E-state index contributed by atoms with van der Waals surface area (Å²) in [7, 11) is 0. The van der Waals surface area contributed by atoms with Gasteiger partial charge in [0.25, 0.3) is 5.91 Å². The molecule has 0 aromatic heterocycles. The van der Waals surface area contributed by atoms with Gasteiger partial charge in [-0.3, -0.25) is 4.79 Å². The van der Waals surface area contributed by atoms with Crippen molar-refractivity contribution in [2.24, 2.45) is 0 Å². The molecule has 4 nitrogen and oxygen atoms in total. The van der Waals surface area contributed by atoms with Gasteiger partial charge in [0.15, 0.2) is 0 Å². The number of nitrogens with one attached hydrogen (secondary N) is 1. The van der Waals surface area contributed by atoms with Gasteiger partial charge >= 0.3 is 5.97 Å². The highest BCUT2D eigenvalue weighted by Gasteiger charge is 2.16. The van der Waals surface area contributed by atoms with Gasteiger partial charge in [0.1, 0.15) is 5.82 Å². The van der Waals surface area contributed by atoms with E-state index in [0.29, 0.717) is 0 Å². The minimum Gasteiger partial charge on any atom is -0.478 e. The number of hydrogen-bond donors (Lipinski definition) is 2. The lowest BCUT2D eigenvalue weighted by Gasteiger charge is -2.10. The summed E-state index contributed by atoms with van der Waals surface area (Å²) in [5.41, 5.74) is 1.48. The first-order valence-electron chi connectivity index (χ1n) is 6.30. The minimum absolute atomic E-state index is 0.0311. The second-order valence-electron chi connectivity index (χ2n) is 4.79. The molecule has 2 aromatic carbocycles. The second kappa shape index (κ2) is 5.75. The summed E-state index contributed by atoms with van der Waals surface area (Å²) in [6, 6.07) is 8.79. The first kappa shape index (κ1) is 14.7. The van der Waals surface area contributed by atoms with Crippen LogP contribution in [-0.2, 0) is 0 Å². The summed E-state index contributed by atoms with van der Waals surface area (Å²) in [5.74, 6) is -2.48. The Morgan fingerprint density at radius 3 is 2.19 bits per heavy atom. The molecule has 2 rings (SSSR count). The number of carbonyl (C=O) groups excluding carboxylic acids is 1. The first-order valence-corrected chi connectivity index (χ1v) is 6.30. The predicted octanol–water partition coefficient (Wildman–Crippen LogP) is 3.39. The number of rotatable bonds is 3. The van der Waals surface area contributed by atoms with Crippen LogP contribution in [0, 0.1) is 19.7 Å². The average molecular weight is 287 g/mol. The molecule has 5 heteroatoms. The molecule has 0 aliphatic rings. The van der Waals surface area contributed by atoms with Crippen molar-refractivity contribution in [3.8, 4) is 0 Å². The van der Waals surface area contributed by atoms with E-state index in [2.05, 4.69) is 5.32 Å². The molecule has 0 aliphatic carbocycles. The summed E-state index contributed by atoms with van der Waals surface area (Å²) >= 11 is 0. The van der Waals surface area contributed by atoms with E-state index in [1.165, 1.54) is 24.3 Å². The highest BCUT2D eigenvalue weighted by molar-refractivity contribution is 6.08. The molecule has 0 spiro atoms. The number of anilines is 1. The Morgan fingerprint density at radius 2 is 1.57 bits per heavy atom. The van der Waals surface area contributed by atoms with Crippen LogP contribution in [-0.4, -0.2) is 17.0 Å². The average Bonchev–Trinajstić information content (AvgIpc) is 2.43. The maximum Gasteiger partial charge on any atom is 0.337 e. The van der Waals surface area contributed by atoms with Crippen LogP contribution in [0.15, 0.2) is 36.4 Å². The molecule has 1 amide bonds. The van der Waals surface area contributed by atoms with Crippen LogP contribution in [0.3, 0.4) is 0 Å². The number of carboxylic acid groups (broad SMARTS) is 1. The number of halogens is 1. The first-order chi connectivity index (χ1) is 9.88. The van der Waals surface area contributed by atoms with Crippen LogP contribution in [0.4, 0.5) is 10.1 Å². The van der Waals surface area contributed by atoms with Crippen molar-refractivity contribution in [2.75, 3.05) is 5.32 Å². The largest absolute Gasteiger partial charge is 0.478 e. The number of aryl methyl sites for hydroxylation is 2. The molecule has 108 valence electrons. The Labute approximate surface area is 121 Å². The standard InChI is InChI=1S/C16H14FNO3/c1-9-3-5-13(17)11(7-9)15(19)18-14-6-4-10(2)8-12(14)16(20)21/h3-8H,1-2H3,(H,18,19)(H,20,21). The van der Waals surface area contributed by atoms with Crippen molar-refractivity contribution in [3.05, 3.63) is 64.5 Å². The van der Waals surface area contributed by atoms with Gasteiger partial charge < -0.3 is 10.4 Å². The zero-order valence-corrected chi connectivity index (χ0v) is 11.6. The summed E-state index contributed by atoms with van der Waals surface area (Å²) < 4.78 is 13.7. The molecule has 0 fully saturated rings. The number of carboxylic acids is 1. The van der Waals surface area contributed by atoms with Gasteiger partial charge in [-0.1, -0.05) is 23.3 Å². The molecule has 0 radical (unpaired) electrons. The van der Waals surface area contributed by atoms with Crippen molar-refractivity contribution in [1.29, 1.82) is 0 Å². The third-order valence-electron chi connectivity index (χ3n) is 3.02.